The van der Waals surface area contributed by atoms with Gasteiger partial charge in [-0.15, -0.1) is 11.3 Å². The first kappa shape index (κ1) is 16.7. The highest BCUT2D eigenvalue weighted by molar-refractivity contribution is 7.11. The molecule has 1 aromatic carbocycles. The quantitative estimate of drug-likeness (QED) is 0.781. The normalized spacial score (nSPS) is 10.7. The number of methoxy groups -OCH3 is 1. The zero-order valence-electron chi connectivity index (χ0n) is 13.2. The third-order valence-electron chi connectivity index (χ3n) is 3.19. The van der Waals surface area contributed by atoms with E-state index in [2.05, 4.69) is 10.3 Å². The van der Waals surface area contributed by atoms with Crippen LogP contribution < -0.4 is 14.8 Å². The van der Waals surface area contributed by atoms with E-state index in [0.717, 1.165) is 29.4 Å². The number of nitrogens with one attached hydrogen (secondary N) is 1. The van der Waals surface area contributed by atoms with Gasteiger partial charge in [0.1, 0.15) is 6.61 Å². The fraction of sp³-hybridized carbons (Fsp3) is 0.438. The Hall–Kier alpha value is -1.63. The highest BCUT2D eigenvalue weighted by Crippen LogP contribution is 2.28. The Morgan fingerprint density at radius 3 is 2.68 bits per heavy atom. The molecule has 120 valence electrons. The van der Waals surface area contributed by atoms with Crippen molar-refractivity contribution in [3.63, 3.8) is 0 Å². The monoisotopic (exact) mass is 322 g/mol. The molecule has 0 aliphatic rings. The van der Waals surface area contributed by atoms with E-state index in [9.17, 15) is 0 Å². The first-order chi connectivity index (χ1) is 10.6. The van der Waals surface area contributed by atoms with Crippen LogP contribution in [0.15, 0.2) is 18.2 Å². The molecule has 0 saturated carbocycles. The summed E-state index contributed by atoms with van der Waals surface area (Å²) in [6, 6.07) is 5.81. The van der Waals surface area contributed by atoms with Gasteiger partial charge in [-0.25, -0.2) is 4.98 Å². The van der Waals surface area contributed by atoms with Crippen molar-refractivity contribution in [2.75, 3.05) is 20.3 Å². The number of hydrogen-bond acceptors (Lipinski definition) is 6. The molecule has 0 aliphatic carbocycles. The molecule has 0 bridgehead atoms. The number of benzene rings is 1. The minimum absolute atomic E-state index is 0.0138. The molecule has 0 saturated heterocycles. The van der Waals surface area contributed by atoms with Crippen molar-refractivity contribution in [3.05, 3.63) is 39.3 Å². The van der Waals surface area contributed by atoms with Crippen LogP contribution in [0.25, 0.3) is 0 Å². The summed E-state index contributed by atoms with van der Waals surface area (Å²) < 4.78 is 10.8. The SMILES string of the molecule is COc1cc(CNCc2sc(C)nc2C)ccc1OCCO. The van der Waals surface area contributed by atoms with E-state index in [1.54, 1.807) is 18.4 Å². The highest BCUT2D eigenvalue weighted by Gasteiger charge is 2.07. The van der Waals surface area contributed by atoms with Gasteiger partial charge < -0.3 is 19.9 Å². The smallest absolute Gasteiger partial charge is 0.161 e. The first-order valence-corrected chi connectivity index (χ1v) is 8.00. The average Bonchev–Trinajstić information content (AvgIpc) is 2.83. The summed E-state index contributed by atoms with van der Waals surface area (Å²) in [5.41, 5.74) is 2.22. The Labute approximate surface area is 134 Å². The Bertz CT molecular complexity index is 613. The van der Waals surface area contributed by atoms with E-state index in [1.165, 1.54) is 4.88 Å². The lowest BCUT2D eigenvalue weighted by Gasteiger charge is -2.12. The summed E-state index contributed by atoms with van der Waals surface area (Å²) in [7, 11) is 1.61. The van der Waals surface area contributed by atoms with Gasteiger partial charge in [-0.2, -0.15) is 0 Å². The molecular weight excluding hydrogens is 300 g/mol. The van der Waals surface area contributed by atoms with Crippen LogP contribution in [0.1, 0.15) is 21.1 Å². The van der Waals surface area contributed by atoms with Crippen molar-refractivity contribution >= 4 is 11.3 Å². The van der Waals surface area contributed by atoms with Crippen LogP contribution in [0.2, 0.25) is 0 Å². The molecule has 6 heteroatoms. The second kappa shape index (κ2) is 8.12. The molecule has 2 rings (SSSR count). The zero-order valence-corrected chi connectivity index (χ0v) is 14.0. The van der Waals surface area contributed by atoms with Crippen LogP contribution >= 0.6 is 11.3 Å². The molecule has 0 radical (unpaired) electrons. The molecule has 2 aromatic rings. The van der Waals surface area contributed by atoms with Gasteiger partial charge in [0.15, 0.2) is 11.5 Å². The van der Waals surface area contributed by atoms with Crippen LogP contribution in [0.3, 0.4) is 0 Å². The average molecular weight is 322 g/mol. The molecule has 0 aliphatic heterocycles. The number of aryl methyl sites for hydroxylation is 2. The number of thiazole rings is 1. The van der Waals surface area contributed by atoms with E-state index in [0.29, 0.717) is 11.5 Å². The molecule has 0 atom stereocenters. The maximum absolute atomic E-state index is 8.81. The predicted molar refractivity (Wildman–Crippen MR) is 87.7 cm³/mol. The van der Waals surface area contributed by atoms with Gasteiger partial charge in [-0.1, -0.05) is 6.07 Å². The molecule has 2 N–H and O–H groups in total. The second-order valence-corrected chi connectivity index (χ2v) is 6.19. The van der Waals surface area contributed by atoms with E-state index in [4.69, 9.17) is 14.6 Å². The Morgan fingerprint density at radius 2 is 2.05 bits per heavy atom. The Kier molecular flexibility index (Phi) is 6.18. The highest BCUT2D eigenvalue weighted by atomic mass is 32.1. The third-order valence-corrected chi connectivity index (χ3v) is 4.26. The van der Waals surface area contributed by atoms with Crippen molar-refractivity contribution in [1.29, 1.82) is 0 Å². The van der Waals surface area contributed by atoms with E-state index in [1.807, 2.05) is 32.0 Å². The summed E-state index contributed by atoms with van der Waals surface area (Å²) >= 11 is 1.73. The molecule has 0 fully saturated rings. The minimum atomic E-state index is -0.0138. The molecule has 22 heavy (non-hydrogen) atoms. The fourth-order valence-electron chi connectivity index (χ4n) is 2.15. The van der Waals surface area contributed by atoms with Crippen molar-refractivity contribution < 1.29 is 14.6 Å². The lowest BCUT2D eigenvalue weighted by atomic mass is 10.2. The second-order valence-electron chi connectivity index (χ2n) is 4.90. The lowest BCUT2D eigenvalue weighted by Crippen LogP contribution is -2.12. The predicted octanol–water partition coefficient (Wildman–Crippen LogP) is 2.43. The fourth-order valence-corrected chi connectivity index (χ4v) is 3.06. The number of ether oxygens (including phenoxy) is 2. The Balaban J connectivity index is 1.93. The topological polar surface area (TPSA) is 63.6 Å². The molecule has 0 amide bonds. The molecule has 1 heterocycles. The van der Waals surface area contributed by atoms with Gasteiger partial charge in [0.25, 0.3) is 0 Å². The number of aliphatic hydroxyl groups is 1. The summed E-state index contributed by atoms with van der Waals surface area (Å²) in [6.45, 7) is 5.86. The van der Waals surface area contributed by atoms with Gasteiger partial charge in [-0.05, 0) is 31.5 Å². The first-order valence-electron chi connectivity index (χ1n) is 7.18. The maximum Gasteiger partial charge on any atom is 0.161 e. The zero-order chi connectivity index (χ0) is 15.9. The number of hydrogen-bond donors (Lipinski definition) is 2. The third kappa shape index (κ3) is 4.43. The van der Waals surface area contributed by atoms with Gasteiger partial charge in [0.05, 0.1) is 24.4 Å². The minimum Gasteiger partial charge on any atom is -0.493 e. The number of aromatic nitrogens is 1. The van der Waals surface area contributed by atoms with Gasteiger partial charge in [-0.3, -0.25) is 0 Å². The molecule has 1 aromatic heterocycles. The van der Waals surface area contributed by atoms with E-state index < -0.39 is 0 Å². The summed E-state index contributed by atoms with van der Waals surface area (Å²) in [5.74, 6) is 1.33. The van der Waals surface area contributed by atoms with Gasteiger partial charge in [0.2, 0.25) is 0 Å². The van der Waals surface area contributed by atoms with Crippen LogP contribution in [0, 0.1) is 13.8 Å². The summed E-state index contributed by atoms with van der Waals surface area (Å²) in [6.07, 6.45) is 0. The van der Waals surface area contributed by atoms with Crippen LogP contribution in [-0.2, 0) is 13.1 Å². The van der Waals surface area contributed by atoms with Gasteiger partial charge in [0, 0.05) is 18.0 Å². The molecule has 0 unspecified atom stereocenters. The molecule has 0 spiro atoms. The lowest BCUT2D eigenvalue weighted by molar-refractivity contribution is 0.196. The van der Waals surface area contributed by atoms with E-state index >= 15 is 0 Å². The number of aliphatic hydroxyl groups excluding tert-OH is 1. The van der Waals surface area contributed by atoms with Crippen LogP contribution in [0.4, 0.5) is 0 Å². The van der Waals surface area contributed by atoms with Crippen LogP contribution in [-0.4, -0.2) is 30.4 Å². The number of rotatable bonds is 8. The number of nitrogens with zero attached hydrogens (tertiary/aromatic N) is 1. The van der Waals surface area contributed by atoms with Crippen LogP contribution in [0.5, 0.6) is 11.5 Å². The summed E-state index contributed by atoms with van der Waals surface area (Å²) in [5, 5.41) is 13.3. The van der Waals surface area contributed by atoms with Crippen molar-refractivity contribution in [2.24, 2.45) is 0 Å². The van der Waals surface area contributed by atoms with Crippen molar-refractivity contribution in [3.8, 4) is 11.5 Å². The summed E-state index contributed by atoms with van der Waals surface area (Å²) in [4.78, 5) is 5.70. The van der Waals surface area contributed by atoms with Crippen molar-refractivity contribution in [2.45, 2.75) is 26.9 Å². The molecule has 5 nitrogen and oxygen atoms in total. The Morgan fingerprint density at radius 1 is 1.23 bits per heavy atom. The largest absolute Gasteiger partial charge is 0.493 e. The van der Waals surface area contributed by atoms with E-state index in [-0.39, 0.29) is 13.2 Å². The standard InChI is InChI=1S/C16H22N2O3S/c1-11-16(22-12(2)18-11)10-17-9-13-4-5-14(21-7-6-19)15(8-13)20-3/h4-5,8,17,19H,6-7,9-10H2,1-3H3. The van der Waals surface area contributed by atoms with Gasteiger partial charge >= 0.3 is 0 Å². The molecular formula is C16H22N2O3S. The maximum atomic E-state index is 8.81. The van der Waals surface area contributed by atoms with Crippen molar-refractivity contribution in [1.82, 2.24) is 10.3 Å².